The largest absolute Gasteiger partial charge is 0.274 e. The Balaban J connectivity index is 2.36. The van der Waals surface area contributed by atoms with E-state index in [1.807, 2.05) is 6.92 Å². The standard InChI is InChI=1S/C9H11ClN2O/c1-6-5-8(9(10)13)12(11-6)7-3-2-4-7/h5,7H,2-4H2,1H3. The van der Waals surface area contributed by atoms with Gasteiger partial charge < -0.3 is 0 Å². The summed E-state index contributed by atoms with van der Waals surface area (Å²) in [6.45, 7) is 1.87. The van der Waals surface area contributed by atoms with E-state index in [0.717, 1.165) is 18.5 Å². The van der Waals surface area contributed by atoms with Crippen LogP contribution in [-0.4, -0.2) is 15.0 Å². The van der Waals surface area contributed by atoms with Crippen LogP contribution in [0.25, 0.3) is 0 Å². The summed E-state index contributed by atoms with van der Waals surface area (Å²) in [4.78, 5) is 11.0. The van der Waals surface area contributed by atoms with E-state index >= 15 is 0 Å². The molecular formula is C9H11ClN2O. The lowest BCUT2D eigenvalue weighted by Gasteiger charge is -2.26. The second-order valence-electron chi connectivity index (χ2n) is 3.47. The molecule has 0 atom stereocenters. The van der Waals surface area contributed by atoms with Crippen LogP contribution in [0.4, 0.5) is 0 Å². The number of carbonyl (C=O) groups is 1. The summed E-state index contributed by atoms with van der Waals surface area (Å²) >= 11 is 5.45. The summed E-state index contributed by atoms with van der Waals surface area (Å²) in [7, 11) is 0. The van der Waals surface area contributed by atoms with Crippen molar-refractivity contribution in [2.75, 3.05) is 0 Å². The number of rotatable bonds is 2. The minimum Gasteiger partial charge on any atom is -0.274 e. The van der Waals surface area contributed by atoms with Crippen molar-refractivity contribution in [1.82, 2.24) is 9.78 Å². The first-order valence-corrected chi connectivity index (χ1v) is 4.82. The van der Waals surface area contributed by atoms with Crippen LogP contribution in [0.1, 0.15) is 41.5 Å². The first-order valence-electron chi connectivity index (χ1n) is 4.44. The molecule has 1 aliphatic rings. The molecule has 1 saturated carbocycles. The molecule has 70 valence electrons. The number of hydrogen-bond donors (Lipinski definition) is 0. The molecule has 13 heavy (non-hydrogen) atoms. The van der Waals surface area contributed by atoms with Gasteiger partial charge in [0.2, 0.25) is 0 Å². The molecule has 0 aliphatic heterocycles. The lowest BCUT2D eigenvalue weighted by Crippen LogP contribution is -2.21. The Bertz CT molecular complexity index is 341. The van der Waals surface area contributed by atoms with Gasteiger partial charge in [0, 0.05) is 0 Å². The van der Waals surface area contributed by atoms with Gasteiger partial charge in [0.05, 0.1) is 11.7 Å². The fraction of sp³-hybridized carbons (Fsp3) is 0.556. The van der Waals surface area contributed by atoms with E-state index in [4.69, 9.17) is 11.6 Å². The molecule has 0 radical (unpaired) electrons. The molecule has 1 aromatic heterocycles. The first-order chi connectivity index (χ1) is 6.18. The fourth-order valence-corrected chi connectivity index (χ4v) is 1.71. The van der Waals surface area contributed by atoms with Crippen molar-refractivity contribution in [2.24, 2.45) is 0 Å². The highest BCUT2D eigenvalue weighted by molar-refractivity contribution is 6.67. The smallest absolute Gasteiger partial charge is 0.270 e. The van der Waals surface area contributed by atoms with E-state index in [1.165, 1.54) is 6.42 Å². The SMILES string of the molecule is Cc1cc(C(=O)Cl)n(C2CCC2)n1. The van der Waals surface area contributed by atoms with Crippen LogP contribution >= 0.6 is 11.6 Å². The van der Waals surface area contributed by atoms with Crippen molar-refractivity contribution in [3.05, 3.63) is 17.5 Å². The highest BCUT2D eigenvalue weighted by Crippen LogP contribution is 2.32. The minimum absolute atomic E-state index is 0.395. The van der Waals surface area contributed by atoms with Gasteiger partial charge in [-0.3, -0.25) is 9.48 Å². The van der Waals surface area contributed by atoms with Crippen LogP contribution < -0.4 is 0 Å². The summed E-state index contributed by atoms with van der Waals surface area (Å²) in [5.41, 5.74) is 1.39. The highest BCUT2D eigenvalue weighted by atomic mass is 35.5. The zero-order valence-electron chi connectivity index (χ0n) is 7.46. The van der Waals surface area contributed by atoms with Crippen molar-refractivity contribution in [1.29, 1.82) is 0 Å². The number of aryl methyl sites for hydroxylation is 1. The normalized spacial score (nSPS) is 17.1. The zero-order chi connectivity index (χ0) is 9.42. The molecule has 2 rings (SSSR count). The maximum absolute atomic E-state index is 11.0. The Hall–Kier alpha value is -0.830. The molecule has 1 aliphatic carbocycles. The van der Waals surface area contributed by atoms with E-state index in [0.29, 0.717) is 11.7 Å². The van der Waals surface area contributed by atoms with Crippen LogP contribution in [0.15, 0.2) is 6.07 Å². The summed E-state index contributed by atoms with van der Waals surface area (Å²) < 4.78 is 1.77. The zero-order valence-corrected chi connectivity index (χ0v) is 8.21. The van der Waals surface area contributed by atoms with Gasteiger partial charge >= 0.3 is 0 Å². The third-order valence-electron chi connectivity index (χ3n) is 2.48. The van der Waals surface area contributed by atoms with Crippen molar-refractivity contribution in [3.8, 4) is 0 Å². The van der Waals surface area contributed by atoms with E-state index < -0.39 is 5.24 Å². The molecule has 0 bridgehead atoms. The molecule has 0 amide bonds. The van der Waals surface area contributed by atoms with Crippen LogP contribution in [-0.2, 0) is 0 Å². The first kappa shape index (κ1) is 8.75. The van der Waals surface area contributed by atoms with Crippen LogP contribution in [0, 0.1) is 6.92 Å². The molecule has 0 aromatic carbocycles. The molecule has 1 fully saturated rings. The van der Waals surface area contributed by atoms with E-state index in [1.54, 1.807) is 10.7 Å². The van der Waals surface area contributed by atoms with E-state index in [-0.39, 0.29) is 0 Å². The molecule has 3 nitrogen and oxygen atoms in total. The molecular weight excluding hydrogens is 188 g/mol. The Morgan fingerprint density at radius 3 is 2.85 bits per heavy atom. The molecule has 1 aromatic rings. The predicted octanol–water partition coefficient (Wildman–Crippen LogP) is 2.30. The quantitative estimate of drug-likeness (QED) is 0.684. The Morgan fingerprint density at radius 1 is 1.69 bits per heavy atom. The van der Waals surface area contributed by atoms with Crippen molar-refractivity contribution in [3.63, 3.8) is 0 Å². The van der Waals surface area contributed by atoms with E-state index in [2.05, 4.69) is 5.10 Å². The number of hydrogen-bond acceptors (Lipinski definition) is 2. The number of aromatic nitrogens is 2. The Kier molecular flexibility index (Phi) is 2.12. The minimum atomic E-state index is -0.410. The summed E-state index contributed by atoms with van der Waals surface area (Å²) in [6, 6.07) is 2.14. The average Bonchev–Trinajstić information content (AvgIpc) is 2.27. The highest BCUT2D eigenvalue weighted by Gasteiger charge is 2.24. The predicted molar refractivity (Wildman–Crippen MR) is 50.0 cm³/mol. The molecule has 0 saturated heterocycles. The number of carbonyl (C=O) groups excluding carboxylic acids is 1. The molecule has 0 unspecified atom stereocenters. The van der Waals surface area contributed by atoms with Crippen LogP contribution in [0.3, 0.4) is 0 Å². The second kappa shape index (κ2) is 3.14. The monoisotopic (exact) mass is 198 g/mol. The van der Waals surface area contributed by atoms with Gasteiger partial charge in [-0.05, 0) is 43.9 Å². The van der Waals surface area contributed by atoms with Crippen molar-refractivity contribution < 1.29 is 4.79 Å². The molecule has 0 spiro atoms. The summed E-state index contributed by atoms with van der Waals surface area (Å²) in [5, 5.41) is 3.86. The lowest BCUT2D eigenvalue weighted by atomic mass is 9.93. The van der Waals surface area contributed by atoms with Gasteiger partial charge in [0.1, 0.15) is 5.69 Å². The van der Waals surface area contributed by atoms with Crippen molar-refractivity contribution in [2.45, 2.75) is 32.2 Å². The summed E-state index contributed by atoms with van der Waals surface area (Å²) in [6.07, 6.45) is 3.44. The van der Waals surface area contributed by atoms with Crippen LogP contribution in [0.2, 0.25) is 0 Å². The maximum atomic E-state index is 11.0. The van der Waals surface area contributed by atoms with Gasteiger partial charge in [0.15, 0.2) is 0 Å². The third kappa shape index (κ3) is 1.48. The number of halogens is 1. The Labute approximate surface area is 81.7 Å². The topological polar surface area (TPSA) is 34.9 Å². The Morgan fingerprint density at radius 2 is 2.38 bits per heavy atom. The van der Waals surface area contributed by atoms with Gasteiger partial charge in [-0.1, -0.05) is 0 Å². The van der Waals surface area contributed by atoms with Crippen LogP contribution in [0.5, 0.6) is 0 Å². The summed E-state index contributed by atoms with van der Waals surface area (Å²) in [5.74, 6) is 0. The van der Waals surface area contributed by atoms with Gasteiger partial charge in [0.25, 0.3) is 5.24 Å². The molecule has 1 heterocycles. The third-order valence-corrected chi connectivity index (χ3v) is 2.67. The van der Waals surface area contributed by atoms with Gasteiger partial charge in [-0.2, -0.15) is 5.10 Å². The number of nitrogens with zero attached hydrogens (tertiary/aromatic N) is 2. The maximum Gasteiger partial charge on any atom is 0.270 e. The van der Waals surface area contributed by atoms with Gasteiger partial charge in [-0.15, -0.1) is 0 Å². The molecule has 0 N–H and O–H groups in total. The average molecular weight is 199 g/mol. The lowest BCUT2D eigenvalue weighted by molar-refractivity contribution is 0.106. The van der Waals surface area contributed by atoms with Crippen molar-refractivity contribution >= 4 is 16.8 Å². The molecule has 4 heteroatoms. The van der Waals surface area contributed by atoms with Gasteiger partial charge in [-0.25, -0.2) is 0 Å². The fourth-order valence-electron chi connectivity index (χ4n) is 1.57. The van der Waals surface area contributed by atoms with E-state index in [9.17, 15) is 4.79 Å². The second-order valence-corrected chi connectivity index (χ2v) is 3.82.